The molecule has 0 bridgehead atoms. The molecule has 1 amide bonds. The predicted octanol–water partition coefficient (Wildman–Crippen LogP) is 2.02. The molecule has 2 aliphatic rings. The molecule has 0 unspecified atom stereocenters. The summed E-state index contributed by atoms with van der Waals surface area (Å²) >= 11 is 0. The van der Waals surface area contributed by atoms with E-state index in [1.807, 2.05) is 25.1 Å². The van der Waals surface area contributed by atoms with Crippen molar-refractivity contribution in [3.63, 3.8) is 0 Å². The summed E-state index contributed by atoms with van der Waals surface area (Å²) in [6, 6.07) is 7.74. The zero-order chi connectivity index (χ0) is 16.5. The van der Waals surface area contributed by atoms with Crippen LogP contribution in [0.25, 0.3) is 0 Å². The van der Waals surface area contributed by atoms with Crippen molar-refractivity contribution in [3.05, 3.63) is 41.2 Å². The van der Waals surface area contributed by atoms with Crippen molar-refractivity contribution in [1.29, 1.82) is 0 Å². The number of ether oxygens (including phenoxy) is 2. The van der Waals surface area contributed by atoms with Crippen molar-refractivity contribution in [2.45, 2.75) is 32.4 Å². The Balaban J connectivity index is 1.43. The van der Waals surface area contributed by atoms with Gasteiger partial charge in [0, 0.05) is 18.3 Å². The third-order valence-electron chi connectivity index (χ3n) is 3.89. The van der Waals surface area contributed by atoms with Gasteiger partial charge in [0.15, 0.2) is 11.5 Å². The lowest BCUT2D eigenvalue weighted by molar-refractivity contribution is 0.0945. The number of carbonyl (C=O) groups excluding carboxylic acids is 1. The van der Waals surface area contributed by atoms with E-state index in [0.29, 0.717) is 30.0 Å². The van der Waals surface area contributed by atoms with Gasteiger partial charge in [-0.25, -0.2) is 9.97 Å². The summed E-state index contributed by atoms with van der Waals surface area (Å²) in [5, 5.41) is 6.10. The summed E-state index contributed by atoms with van der Waals surface area (Å²) in [6.45, 7) is 2.49. The maximum absolute atomic E-state index is 12.4. The van der Waals surface area contributed by atoms with E-state index in [0.717, 1.165) is 29.8 Å². The van der Waals surface area contributed by atoms with Gasteiger partial charge in [-0.2, -0.15) is 0 Å². The molecule has 0 radical (unpaired) electrons. The number of benzene rings is 1. The van der Waals surface area contributed by atoms with Crippen LogP contribution in [0.5, 0.6) is 11.5 Å². The number of hydrogen-bond acceptors (Lipinski definition) is 6. The first kappa shape index (κ1) is 14.7. The van der Waals surface area contributed by atoms with Crippen LogP contribution in [0, 0.1) is 6.92 Å². The number of anilines is 1. The molecule has 1 aromatic carbocycles. The molecule has 1 aromatic heterocycles. The minimum atomic E-state index is -0.225. The molecular formula is C17H18N4O3. The van der Waals surface area contributed by atoms with E-state index in [9.17, 15) is 4.79 Å². The van der Waals surface area contributed by atoms with Crippen molar-refractivity contribution >= 4 is 11.9 Å². The molecule has 0 atom stereocenters. The largest absolute Gasteiger partial charge is 0.454 e. The van der Waals surface area contributed by atoms with Crippen LogP contribution in [0.4, 0.5) is 5.95 Å². The van der Waals surface area contributed by atoms with Gasteiger partial charge in [0.2, 0.25) is 12.7 Å². The van der Waals surface area contributed by atoms with Gasteiger partial charge < -0.3 is 20.1 Å². The second-order valence-corrected chi connectivity index (χ2v) is 6.01. The van der Waals surface area contributed by atoms with E-state index in [4.69, 9.17) is 9.47 Å². The van der Waals surface area contributed by atoms with Gasteiger partial charge in [0.05, 0.1) is 0 Å². The van der Waals surface area contributed by atoms with Crippen LogP contribution in [0.3, 0.4) is 0 Å². The third kappa shape index (κ3) is 3.24. The van der Waals surface area contributed by atoms with Crippen LogP contribution in [-0.2, 0) is 6.54 Å². The van der Waals surface area contributed by atoms with Crippen LogP contribution < -0.4 is 20.1 Å². The predicted molar refractivity (Wildman–Crippen MR) is 87.1 cm³/mol. The second kappa shape index (κ2) is 5.99. The summed E-state index contributed by atoms with van der Waals surface area (Å²) in [4.78, 5) is 21.0. The summed E-state index contributed by atoms with van der Waals surface area (Å²) < 4.78 is 10.6. The highest BCUT2D eigenvalue weighted by Crippen LogP contribution is 2.32. The molecule has 7 heteroatoms. The summed E-state index contributed by atoms with van der Waals surface area (Å²) in [6.07, 6.45) is 2.26. The first-order chi connectivity index (χ1) is 11.7. The van der Waals surface area contributed by atoms with Crippen LogP contribution in [-0.4, -0.2) is 28.7 Å². The van der Waals surface area contributed by atoms with Crippen molar-refractivity contribution in [1.82, 2.24) is 15.3 Å². The van der Waals surface area contributed by atoms with Crippen molar-refractivity contribution in [2.24, 2.45) is 0 Å². The maximum atomic E-state index is 12.4. The highest BCUT2D eigenvalue weighted by Gasteiger charge is 2.22. The van der Waals surface area contributed by atoms with E-state index < -0.39 is 0 Å². The minimum absolute atomic E-state index is 0.225. The van der Waals surface area contributed by atoms with Gasteiger partial charge in [-0.1, -0.05) is 6.07 Å². The SMILES string of the molecule is Cc1cc(C(=O)NCc2ccc3c(c2)OCO3)nc(NC2CC2)n1. The standard InChI is InChI=1S/C17H18N4O3/c1-10-6-13(21-17(19-10)20-12-3-4-12)16(22)18-8-11-2-5-14-15(7-11)24-9-23-14/h2,5-7,12H,3-4,8-9H2,1H3,(H,18,22)(H,19,20,21). The lowest BCUT2D eigenvalue weighted by Gasteiger charge is -2.09. The average Bonchev–Trinajstić information content (AvgIpc) is 3.25. The number of aryl methyl sites for hydroxylation is 1. The van der Waals surface area contributed by atoms with Crippen molar-refractivity contribution in [2.75, 3.05) is 12.1 Å². The quantitative estimate of drug-likeness (QED) is 0.874. The first-order valence-electron chi connectivity index (χ1n) is 7.96. The molecule has 0 spiro atoms. The van der Waals surface area contributed by atoms with Gasteiger partial charge in [-0.15, -0.1) is 0 Å². The van der Waals surface area contributed by atoms with Crippen LogP contribution in [0.15, 0.2) is 24.3 Å². The molecule has 24 heavy (non-hydrogen) atoms. The highest BCUT2D eigenvalue weighted by atomic mass is 16.7. The number of carbonyl (C=O) groups is 1. The number of fused-ring (bicyclic) bond motifs is 1. The highest BCUT2D eigenvalue weighted by molar-refractivity contribution is 5.92. The molecule has 2 heterocycles. The Kier molecular flexibility index (Phi) is 3.68. The Morgan fingerprint density at radius 2 is 2.04 bits per heavy atom. The number of amides is 1. The van der Waals surface area contributed by atoms with E-state index in [1.54, 1.807) is 6.07 Å². The number of aromatic nitrogens is 2. The van der Waals surface area contributed by atoms with Gasteiger partial charge in [0.25, 0.3) is 5.91 Å². The van der Waals surface area contributed by atoms with Crippen LogP contribution in [0.1, 0.15) is 34.6 Å². The number of nitrogens with zero attached hydrogens (tertiary/aromatic N) is 2. The topological polar surface area (TPSA) is 85.4 Å². The van der Waals surface area contributed by atoms with E-state index in [-0.39, 0.29) is 12.7 Å². The van der Waals surface area contributed by atoms with E-state index >= 15 is 0 Å². The first-order valence-corrected chi connectivity index (χ1v) is 7.96. The smallest absolute Gasteiger partial charge is 0.270 e. The van der Waals surface area contributed by atoms with Crippen molar-refractivity contribution in [3.8, 4) is 11.5 Å². The fraction of sp³-hybridized carbons (Fsp3) is 0.353. The van der Waals surface area contributed by atoms with Crippen molar-refractivity contribution < 1.29 is 14.3 Å². The number of nitrogens with one attached hydrogen (secondary N) is 2. The lowest BCUT2D eigenvalue weighted by Crippen LogP contribution is -2.24. The second-order valence-electron chi connectivity index (χ2n) is 6.01. The Morgan fingerprint density at radius 3 is 2.88 bits per heavy atom. The zero-order valence-corrected chi connectivity index (χ0v) is 13.3. The zero-order valence-electron chi connectivity index (χ0n) is 13.3. The normalized spacial score (nSPS) is 15.2. The molecule has 1 saturated carbocycles. The molecule has 124 valence electrons. The maximum Gasteiger partial charge on any atom is 0.270 e. The average molecular weight is 326 g/mol. The molecule has 2 N–H and O–H groups in total. The molecule has 0 saturated heterocycles. The van der Waals surface area contributed by atoms with E-state index in [2.05, 4.69) is 20.6 Å². The molecule has 1 aliphatic carbocycles. The van der Waals surface area contributed by atoms with Gasteiger partial charge in [0.1, 0.15) is 5.69 Å². The fourth-order valence-corrected chi connectivity index (χ4v) is 2.48. The van der Waals surface area contributed by atoms with Crippen LogP contribution in [0.2, 0.25) is 0 Å². The Bertz CT molecular complexity index is 789. The fourth-order valence-electron chi connectivity index (χ4n) is 2.48. The molecule has 1 aliphatic heterocycles. The van der Waals surface area contributed by atoms with Crippen LogP contribution >= 0.6 is 0 Å². The molecule has 7 nitrogen and oxygen atoms in total. The molecule has 1 fully saturated rings. The number of hydrogen-bond donors (Lipinski definition) is 2. The monoisotopic (exact) mass is 326 g/mol. The number of rotatable bonds is 5. The van der Waals surface area contributed by atoms with E-state index in [1.165, 1.54) is 0 Å². The molecular weight excluding hydrogens is 308 g/mol. The molecule has 2 aromatic rings. The Morgan fingerprint density at radius 1 is 1.21 bits per heavy atom. The van der Waals surface area contributed by atoms with Gasteiger partial charge in [-0.05, 0) is 43.5 Å². The van der Waals surface area contributed by atoms with Gasteiger partial charge >= 0.3 is 0 Å². The Hall–Kier alpha value is -2.83. The minimum Gasteiger partial charge on any atom is -0.454 e. The van der Waals surface area contributed by atoms with Gasteiger partial charge in [-0.3, -0.25) is 4.79 Å². The summed E-state index contributed by atoms with van der Waals surface area (Å²) in [5.74, 6) is 1.73. The Labute approximate surface area is 139 Å². The summed E-state index contributed by atoms with van der Waals surface area (Å²) in [5.41, 5.74) is 2.07. The summed E-state index contributed by atoms with van der Waals surface area (Å²) in [7, 11) is 0. The lowest BCUT2D eigenvalue weighted by atomic mass is 10.2. The third-order valence-corrected chi connectivity index (χ3v) is 3.89. The molecule has 4 rings (SSSR count).